The third-order valence-electron chi connectivity index (χ3n) is 1.32. The minimum Gasteiger partial charge on any atom is -0.261 e. The predicted octanol–water partition coefficient (Wildman–Crippen LogP) is 0.858. The number of likely N-dealkylation sites (N-methyl/N-ethyl adjacent to an activating group) is 1. The summed E-state index contributed by atoms with van der Waals surface area (Å²) in [6, 6.07) is 5.94. The summed E-state index contributed by atoms with van der Waals surface area (Å²) in [5.41, 5.74) is 1.12. The summed E-state index contributed by atoms with van der Waals surface area (Å²) >= 11 is 0. The molecule has 0 N–H and O–H groups in total. The second kappa shape index (κ2) is 4.01. The molecule has 0 bridgehead atoms. The van der Waals surface area contributed by atoms with Gasteiger partial charge in [-0.05, 0) is 12.1 Å². The Morgan fingerprint density at radius 3 is 3.00 bits per heavy atom. The maximum Gasteiger partial charge on any atom is 0.0416 e. The van der Waals surface area contributed by atoms with Crippen LogP contribution < -0.4 is 5.32 Å². The third kappa shape index (κ3) is 2.15. The minimum atomic E-state index is 0.872. The molecule has 2 heteroatoms. The molecular weight excluding hydrogens is 124 g/mol. The van der Waals surface area contributed by atoms with Crippen LogP contribution in [0.15, 0.2) is 24.4 Å². The molecule has 0 aliphatic heterocycles. The Morgan fingerprint density at radius 2 is 2.40 bits per heavy atom. The fourth-order valence-electron chi connectivity index (χ4n) is 0.772. The molecule has 1 aromatic heterocycles. The van der Waals surface area contributed by atoms with Gasteiger partial charge in [0, 0.05) is 31.9 Å². The number of hydrogen-bond acceptors (Lipinski definition) is 1. The zero-order valence-corrected chi connectivity index (χ0v) is 6.12. The highest BCUT2D eigenvalue weighted by Gasteiger charge is 1.89. The standard InChI is InChI=1S/C8H11N2/c1-9-7-5-8-4-2-3-6-10-8/h2-4,6H,5,7H2,1H3. The van der Waals surface area contributed by atoms with Crippen molar-refractivity contribution >= 4 is 0 Å². The van der Waals surface area contributed by atoms with Gasteiger partial charge in [0.25, 0.3) is 0 Å². The Balaban J connectivity index is 2.43. The van der Waals surface area contributed by atoms with Gasteiger partial charge in [-0.3, -0.25) is 4.98 Å². The van der Waals surface area contributed by atoms with Crippen molar-refractivity contribution in [2.24, 2.45) is 0 Å². The van der Waals surface area contributed by atoms with Crippen molar-refractivity contribution in [3.05, 3.63) is 30.1 Å². The summed E-state index contributed by atoms with van der Waals surface area (Å²) in [7, 11) is 1.82. The van der Waals surface area contributed by atoms with Crippen LogP contribution in [0.3, 0.4) is 0 Å². The lowest BCUT2D eigenvalue weighted by atomic mass is 10.3. The normalized spacial score (nSPS) is 9.70. The number of aromatic nitrogens is 1. The van der Waals surface area contributed by atoms with Gasteiger partial charge in [-0.15, -0.1) is 0 Å². The summed E-state index contributed by atoms with van der Waals surface area (Å²) < 4.78 is 0. The molecule has 0 aliphatic rings. The highest BCUT2D eigenvalue weighted by Crippen LogP contribution is 1.92. The highest BCUT2D eigenvalue weighted by atomic mass is 14.8. The van der Waals surface area contributed by atoms with Crippen molar-refractivity contribution in [3.8, 4) is 0 Å². The summed E-state index contributed by atoms with van der Waals surface area (Å²) in [6.45, 7) is 0.872. The van der Waals surface area contributed by atoms with Gasteiger partial charge in [-0.1, -0.05) is 6.07 Å². The SMILES string of the molecule is C[N]CCc1ccccn1. The van der Waals surface area contributed by atoms with Crippen LogP contribution in [0.2, 0.25) is 0 Å². The molecule has 0 spiro atoms. The predicted molar refractivity (Wildman–Crippen MR) is 40.9 cm³/mol. The van der Waals surface area contributed by atoms with Crippen LogP contribution in [0.25, 0.3) is 0 Å². The van der Waals surface area contributed by atoms with Crippen LogP contribution in [-0.4, -0.2) is 18.6 Å². The summed E-state index contributed by atoms with van der Waals surface area (Å²) in [6.07, 6.45) is 2.77. The van der Waals surface area contributed by atoms with Gasteiger partial charge in [0.15, 0.2) is 0 Å². The molecule has 1 heterocycles. The molecule has 0 saturated carbocycles. The highest BCUT2D eigenvalue weighted by molar-refractivity contribution is 5.03. The summed E-state index contributed by atoms with van der Waals surface area (Å²) in [5, 5.41) is 3.99. The molecule has 0 amide bonds. The van der Waals surface area contributed by atoms with Crippen molar-refractivity contribution < 1.29 is 0 Å². The van der Waals surface area contributed by atoms with Crippen molar-refractivity contribution in [3.63, 3.8) is 0 Å². The lowest BCUT2D eigenvalue weighted by Gasteiger charge is -1.95. The number of nitrogens with zero attached hydrogens (tertiary/aromatic N) is 2. The van der Waals surface area contributed by atoms with Crippen molar-refractivity contribution in [1.29, 1.82) is 0 Å². The van der Waals surface area contributed by atoms with E-state index in [0.29, 0.717) is 0 Å². The van der Waals surface area contributed by atoms with E-state index in [0.717, 1.165) is 18.7 Å². The molecular formula is C8H11N2. The molecule has 0 aromatic carbocycles. The zero-order valence-electron chi connectivity index (χ0n) is 6.12. The first-order valence-electron chi connectivity index (χ1n) is 3.39. The van der Waals surface area contributed by atoms with Crippen molar-refractivity contribution in [1.82, 2.24) is 10.3 Å². The molecule has 0 atom stereocenters. The average molecular weight is 135 g/mol. The Kier molecular flexibility index (Phi) is 2.90. The zero-order chi connectivity index (χ0) is 7.23. The molecule has 2 nitrogen and oxygen atoms in total. The largest absolute Gasteiger partial charge is 0.261 e. The van der Waals surface area contributed by atoms with E-state index in [1.807, 2.05) is 31.4 Å². The van der Waals surface area contributed by atoms with Crippen LogP contribution in [-0.2, 0) is 6.42 Å². The van der Waals surface area contributed by atoms with Gasteiger partial charge < -0.3 is 0 Å². The minimum absolute atomic E-state index is 0.872. The summed E-state index contributed by atoms with van der Waals surface area (Å²) in [5.74, 6) is 0. The maximum absolute atomic E-state index is 4.16. The quantitative estimate of drug-likeness (QED) is 0.603. The van der Waals surface area contributed by atoms with Crippen LogP contribution in [0.1, 0.15) is 5.69 Å². The van der Waals surface area contributed by atoms with Gasteiger partial charge in [-0.25, -0.2) is 5.32 Å². The first-order valence-corrected chi connectivity index (χ1v) is 3.39. The van der Waals surface area contributed by atoms with Crippen LogP contribution in [0.5, 0.6) is 0 Å². The van der Waals surface area contributed by atoms with Crippen LogP contribution >= 0.6 is 0 Å². The number of rotatable bonds is 3. The second-order valence-corrected chi connectivity index (χ2v) is 2.11. The third-order valence-corrected chi connectivity index (χ3v) is 1.32. The number of pyridine rings is 1. The van der Waals surface area contributed by atoms with E-state index < -0.39 is 0 Å². The lowest BCUT2D eigenvalue weighted by molar-refractivity contribution is 0.763. The van der Waals surface area contributed by atoms with E-state index >= 15 is 0 Å². The molecule has 0 saturated heterocycles. The molecule has 0 unspecified atom stereocenters. The molecule has 1 aromatic rings. The van der Waals surface area contributed by atoms with Gasteiger partial charge >= 0.3 is 0 Å². The van der Waals surface area contributed by atoms with Crippen LogP contribution in [0, 0.1) is 0 Å². The van der Waals surface area contributed by atoms with E-state index in [9.17, 15) is 0 Å². The van der Waals surface area contributed by atoms with Gasteiger partial charge in [0.05, 0.1) is 0 Å². The topological polar surface area (TPSA) is 27.0 Å². The van der Waals surface area contributed by atoms with Gasteiger partial charge in [0.1, 0.15) is 0 Å². The monoisotopic (exact) mass is 135 g/mol. The molecule has 0 fully saturated rings. The lowest BCUT2D eigenvalue weighted by Crippen LogP contribution is -2.03. The van der Waals surface area contributed by atoms with E-state index in [1.54, 1.807) is 0 Å². The van der Waals surface area contributed by atoms with Gasteiger partial charge in [0.2, 0.25) is 0 Å². The second-order valence-electron chi connectivity index (χ2n) is 2.11. The van der Waals surface area contributed by atoms with E-state index in [4.69, 9.17) is 0 Å². The van der Waals surface area contributed by atoms with Gasteiger partial charge in [-0.2, -0.15) is 0 Å². The van der Waals surface area contributed by atoms with E-state index in [2.05, 4.69) is 10.3 Å². The Hall–Kier alpha value is -0.890. The summed E-state index contributed by atoms with van der Waals surface area (Å²) in [4.78, 5) is 4.16. The fourth-order valence-corrected chi connectivity index (χ4v) is 0.772. The maximum atomic E-state index is 4.16. The van der Waals surface area contributed by atoms with Crippen LogP contribution in [0.4, 0.5) is 0 Å². The van der Waals surface area contributed by atoms with E-state index in [1.165, 1.54) is 0 Å². The fraction of sp³-hybridized carbons (Fsp3) is 0.375. The molecule has 10 heavy (non-hydrogen) atoms. The van der Waals surface area contributed by atoms with Crippen molar-refractivity contribution in [2.45, 2.75) is 6.42 Å². The Morgan fingerprint density at radius 1 is 1.50 bits per heavy atom. The molecule has 1 rings (SSSR count). The Bertz CT molecular complexity index is 172. The number of hydrogen-bond donors (Lipinski definition) is 0. The first-order chi connectivity index (χ1) is 4.93. The molecule has 1 radical (unpaired) electrons. The molecule has 0 aliphatic carbocycles. The Labute approximate surface area is 61.3 Å². The molecule has 53 valence electrons. The van der Waals surface area contributed by atoms with E-state index in [-0.39, 0.29) is 0 Å². The smallest absolute Gasteiger partial charge is 0.0416 e. The van der Waals surface area contributed by atoms with Crippen molar-refractivity contribution in [2.75, 3.05) is 13.6 Å². The average Bonchev–Trinajstić information content (AvgIpc) is 2.03. The first kappa shape index (κ1) is 7.22.